The van der Waals surface area contributed by atoms with Crippen LogP contribution in [0, 0.1) is 0 Å². The van der Waals surface area contributed by atoms with Gasteiger partial charge < -0.3 is 4.74 Å². The molecule has 4 rings (SSSR count). The van der Waals surface area contributed by atoms with Crippen LogP contribution in [0.15, 0.2) is 48.7 Å². The summed E-state index contributed by atoms with van der Waals surface area (Å²) < 4.78 is 7.94. The standard InChI is InChI=1S/C28H34N2O/c1-7-9-19-15-20(10-8-2)27-24(16-19)23-12-11-22(31-6)18-25(23)30(27)26-17-21(13-14-29-26)28(3,4)5/h11-18H,7-10H2,1-6H3. The molecule has 0 saturated carbocycles. The largest absolute Gasteiger partial charge is 0.497 e. The molecule has 0 bridgehead atoms. The Morgan fingerprint density at radius 2 is 1.68 bits per heavy atom. The number of rotatable bonds is 6. The summed E-state index contributed by atoms with van der Waals surface area (Å²) >= 11 is 0. The van der Waals surface area contributed by atoms with Gasteiger partial charge in [-0.15, -0.1) is 0 Å². The number of nitrogens with zero attached hydrogens (tertiary/aromatic N) is 2. The lowest BCUT2D eigenvalue weighted by Gasteiger charge is -2.20. The Bertz CT molecular complexity index is 1230. The van der Waals surface area contributed by atoms with Crippen LogP contribution in [0.5, 0.6) is 5.75 Å². The second kappa shape index (κ2) is 8.37. The molecule has 0 fully saturated rings. The molecule has 162 valence electrons. The highest BCUT2D eigenvalue weighted by Gasteiger charge is 2.20. The average Bonchev–Trinajstić information content (AvgIpc) is 3.07. The predicted molar refractivity (Wildman–Crippen MR) is 132 cm³/mol. The van der Waals surface area contributed by atoms with Gasteiger partial charge in [0.25, 0.3) is 0 Å². The molecule has 3 nitrogen and oxygen atoms in total. The fourth-order valence-corrected chi connectivity index (χ4v) is 4.54. The molecule has 4 aromatic rings. The van der Waals surface area contributed by atoms with Crippen molar-refractivity contribution in [3.8, 4) is 11.6 Å². The Hall–Kier alpha value is -2.81. The Morgan fingerprint density at radius 3 is 2.35 bits per heavy atom. The van der Waals surface area contributed by atoms with Crippen molar-refractivity contribution in [3.05, 3.63) is 65.4 Å². The van der Waals surface area contributed by atoms with E-state index < -0.39 is 0 Å². The average molecular weight is 415 g/mol. The van der Waals surface area contributed by atoms with Crippen LogP contribution in [0.2, 0.25) is 0 Å². The summed E-state index contributed by atoms with van der Waals surface area (Å²) in [6, 6.07) is 15.6. The molecule has 0 N–H and O–H groups in total. The minimum absolute atomic E-state index is 0.0642. The molecule has 0 aliphatic rings. The van der Waals surface area contributed by atoms with Gasteiger partial charge in [-0.2, -0.15) is 0 Å². The van der Waals surface area contributed by atoms with E-state index in [0.29, 0.717) is 0 Å². The summed E-state index contributed by atoms with van der Waals surface area (Å²) in [6.45, 7) is 11.3. The molecule has 0 unspecified atom stereocenters. The first-order chi connectivity index (χ1) is 14.9. The van der Waals surface area contributed by atoms with Gasteiger partial charge >= 0.3 is 0 Å². The van der Waals surface area contributed by atoms with Gasteiger partial charge in [0.15, 0.2) is 0 Å². The van der Waals surface area contributed by atoms with Gasteiger partial charge in [0.1, 0.15) is 11.6 Å². The van der Waals surface area contributed by atoms with Crippen molar-refractivity contribution >= 4 is 21.8 Å². The van der Waals surface area contributed by atoms with E-state index in [2.05, 4.69) is 81.7 Å². The topological polar surface area (TPSA) is 27.1 Å². The minimum Gasteiger partial charge on any atom is -0.497 e. The molecule has 0 radical (unpaired) electrons. The van der Waals surface area contributed by atoms with Crippen molar-refractivity contribution < 1.29 is 4.74 Å². The maximum atomic E-state index is 5.59. The Labute approximate surface area is 186 Å². The third-order valence-electron chi connectivity index (χ3n) is 6.11. The van der Waals surface area contributed by atoms with Gasteiger partial charge in [-0.3, -0.25) is 4.57 Å². The third-order valence-corrected chi connectivity index (χ3v) is 6.11. The van der Waals surface area contributed by atoms with E-state index in [9.17, 15) is 0 Å². The summed E-state index contributed by atoms with van der Waals surface area (Å²) in [4.78, 5) is 4.83. The third kappa shape index (κ3) is 3.94. The number of methoxy groups -OCH3 is 1. The van der Waals surface area contributed by atoms with E-state index in [1.807, 2.05) is 6.20 Å². The van der Waals surface area contributed by atoms with Crippen molar-refractivity contribution in [1.29, 1.82) is 0 Å². The van der Waals surface area contributed by atoms with E-state index in [0.717, 1.165) is 42.8 Å². The molecular weight excluding hydrogens is 380 g/mol. The van der Waals surface area contributed by atoms with Gasteiger partial charge in [0.2, 0.25) is 0 Å². The molecule has 0 atom stereocenters. The molecule has 31 heavy (non-hydrogen) atoms. The number of aryl methyl sites for hydroxylation is 2. The summed E-state index contributed by atoms with van der Waals surface area (Å²) in [5.41, 5.74) is 6.61. The monoisotopic (exact) mass is 414 g/mol. The van der Waals surface area contributed by atoms with Crippen LogP contribution in [0.4, 0.5) is 0 Å². The minimum atomic E-state index is 0.0642. The van der Waals surface area contributed by atoms with E-state index >= 15 is 0 Å². The maximum absolute atomic E-state index is 5.59. The number of pyridine rings is 1. The predicted octanol–water partition coefficient (Wildman–Crippen LogP) is 7.39. The zero-order valence-electron chi connectivity index (χ0n) is 19.7. The fourth-order valence-electron chi connectivity index (χ4n) is 4.54. The lowest BCUT2D eigenvalue weighted by molar-refractivity contribution is 0.415. The van der Waals surface area contributed by atoms with Crippen LogP contribution in [0.3, 0.4) is 0 Å². The molecule has 2 heterocycles. The highest BCUT2D eigenvalue weighted by molar-refractivity contribution is 6.10. The molecule has 2 aromatic carbocycles. The van der Waals surface area contributed by atoms with Gasteiger partial charge in [0.05, 0.1) is 18.1 Å². The summed E-state index contributed by atoms with van der Waals surface area (Å²) in [5, 5.41) is 2.57. The normalized spacial score (nSPS) is 12.1. The molecule has 0 aliphatic heterocycles. The smallest absolute Gasteiger partial charge is 0.137 e. The molecule has 3 heteroatoms. The van der Waals surface area contributed by atoms with Crippen LogP contribution in [-0.4, -0.2) is 16.7 Å². The molecule has 0 aliphatic carbocycles. The van der Waals surface area contributed by atoms with Crippen LogP contribution in [0.1, 0.15) is 64.2 Å². The Morgan fingerprint density at radius 1 is 0.903 bits per heavy atom. The Kier molecular flexibility index (Phi) is 5.79. The van der Waals surface area contributed by atoms with Crippen molar-refractivity contribution in [3.63, 3.8) is 0 Å². The number of hydrogen-bond donors (Lipinski definition) is 0. The Balaban J connectivity index is 2.13. The number of fused-ring (bicyclic) bond motifs is 3. The van der Waals surface area contributed by atoms with Gasteiger partial charge in [-0.25, -0.2) is 4.98 Å². The fraction of sp³-hybridized carbons (Fsp3) is 0.393. The lowest BCUT2D eigenvalue weighted by Crippen LogP contribution is -2.12. The van der Waals surface area contributed by atoms with E-state index in [-0.39, 0.29) is 5.41 Å². The summed E-state index contributed by atoms with van der Waals surface area (Å²) in [5.74, 6) is 1.84. The van der Waals surface area contributed by atoms with Crippen LogP contribution >= 0.6 is 0 Å². The summed E-state index contributed by atoms with van der Waals surface area (Å²) in [6.07, 6.45) is 6.37. The number of aromatic nitrogens is 2. The molecule has 0 saturated heterocycles. The van der Waals surface area contributed by atoms with Crippen LogP contribution < -0.4 is 4.74 Å². The quantitative estimate of drug-likeness (QED) is 0.329. The molecule has 0 spiro atoms. The lowest BCUT2D eigenvalue weighted by atomic mass is 9.88. The molecule has 0 amide bonds. The summed E-state index contributed by atoms with van der Waals surface area (Å²) in [7, 11) is 1.73. The first-order valence-electron chi connectivity index (χ1n) is 11.5. The van der Waals surface area contributed by atoms with Crippen molar-refractivity contribution in [2.45, 2.75) is 65.7 Å². The van der Waals surface area contributed by atoms with Gasteiger partial charge in [0, 0.05) is 23.0 Å². The number of hydrogen-bond acceptors (Lipinski definition) is 2. The van der Waals surface area contributed by atoms with Crippen molar-refractivity contribution in [1.82, 2.24) is 9.55 Å². The van der Waals surface area contributed by atoms with Gasteiger partial charge in [-0.05, 0) is 65.3 Å². The van der Waals surface area contributed by atoms with E-state index in [4.69, 9.17) is 9.72 Å². The van der Waals surface area contributed by atoms with Crippen molar-refractivity contribution in [2.24, 2.45) is 0 Å². The van der Waals surface area contributed by atoms with Crippen LogP contribution in [-0.2, 0) is 18.3 Å². The van der Waals surface area contributed by atoms with Crippen molar-refractivity contribution in [2.75, 3.05) is 7.11 Å². The van der Waals surface area contributed by atoms with E-state index in [1.165, 1.54) is 33.0 Å². The SMILES string of the molecule is CCCc1cc(CCC)c2c(c1)c1ccc(OC)cc1n2-c1cc(C(C)(C)C)ccn1. The van der Waals surface area contributed by atoms with Gasteiger partial charge in [-0.1, -0.05) is 53.5 Å². The first-order valence-corrected chi connectivity index (χ1v) is 11.5. The number of benzene rings is 2. The van der Waals surface area contributed by atoms with Crippen LogP contribution in [0.25, 0.3) is 27.6 Å². The van der Waals surface area contributed by atoms with E-state index in [1.54, 1.807) is 7.11 Å². The zero-order valence-corrected chi connectivity index (χ0v) is 19.7. The first kappa shape index (κ1) is 21.4. The molecule has 2 aromatic heterocycles. The number of ether oxygens (including phenoxy) is 1. The molecular formula is C28H34N2O. The second-order valence-electron chi connectivity index (χ2n) is 9.52. The second-order valence-corrected chi connectivity index (χ2v) is 9.52. The highest BCUT2D eigenvalue weighted by atomic mass is 16.5. The zero-order chi connectivity index (χ0) is 22.2. The maximum Gasteiger partial charge on any atom is 0.137 e. The highest BCUT2D eigenvalue weighted by Crippen LogP contribution is 2.37.